The van der Waals surface area contributed by atoms with Gasteiger partial charge in [0.25, 0.3) is 0 Å². The van der Waals surface area contributed by atoms with Gasteiger partial charge < -0.3 is 4.74 Å². The van der Waals surface area contributed by atoms with Crippen LogP contribution in [0.5, 0.6) is 0 Å². The average molecular weight is 397 g/mol. The minimum atomic E-state index is -0.607. The van der Waals surface area contributed by atoms with Crippen LogP contribution in [0.2, 0.25) is 0 Å². The largest absolute Gasteiger partial charge is 0.443 e. The van der Waals surface area contributed by atoms with Gasteiger partial charge in [-0.15, -0.1) is 0 Å². The molecule has 0 unspecified atom stereocenters. The van der Waals surface area contributed by atoms with Gasteiger partial charge in [0.05, 0.1) is 5.69 Å². The molecule has 0 atom stereocenters. The van der Waals surface area contributed by atoms with Crippen LogP contribution in [0.25, 0.3) is 11.1 Å². The third-order valence-electron chi connectivity index (χ3n) is 2.78. The Balaban J connectivity index is 2.41. The summed E-state index contributed by atoms with van der Waals surface area (Å²) < 4.78 is 7.65. The highest BCUT2D eigenvalue weighted by Gasteiger charge is 2.21. The van der Waals surface area contributed by atoms with Crippen LogP contribution in [0.15, 0.2) is 36.5 Å². The van der Waals surface area contributed by atoms with Crippen LogP contribution in [0, 0.1) is 3.57 Å². The van der Waals surface area contributed by atoms with Crippen molar-refractivity contribution in [1.82, 2.24) is 4.57 Å². The van der Waals surface area contributed by atoms with Crippen LogP contribution in [0.4, 0.5) is 4.79 Å². The fourth-order valence-corrected chi connectivity index (χ4v) is 2.27. The Kier molecular flexibility index (Phi) is 4.51. The number of rotatable bonds is 2. The van der Waals surface area contributed by atoms with E-state index >= 15 is 0 Å². The van der Waals surface area contributed by atoms with Crippen LogP contribution in [-0.2, 0) is 4.74 Å². The van der Waals surface area contributed by atoms with E-state index in [2.05, 4.69) is 22.6 Å². The second kappa shape index (κ2) is 6.01. The Morgan fingerprint density at radius 1 is 1.19 bits per heavy atom. The van der Waals surface area contributed by atoms with Crippen LogP contribution < -0.4 is 0 Å². The zero-order valence-electron chi connectivity index (χ0n) is 12.1. The number of hydrogen-bond acceptors (Lipinski definition) is 3. The second-order valence-corrected chi connectivity index (χ2v) is 6.84. The third kappa shape index (κ3) is 3.72. The molecule has 2 aromatic rings. The molecule has 0 aliphatic carbocycles. The minimum absolute atomic E-state index is 0.297. The van der Waals surface area contributed by atoms with Crippen molar-refractivity contribution in [2.75, 3.05) is 0 Å². The molecule has 0 radical (unpaired) electrons. The van der Waals surface area contributed by atoms with Gasteiger partial charge in [-0.1, -0.05) is 12.1 Å². The van der Waals surface area contributed by atoms with Crippen molar-refractivity contribution >= 4 is 35.0 Å². The predicted molar refractivity (Wildman–Crippen MR) is 89.6 cm³/mol. The summed E-state index contributed by atoms with van der Waals surface area (Å²) in [7, 11) is 0. The molecule has 0 bridgehead atoms. The molecule has 1 aromatic carbocycles. The van der Waals surface area contributed by atoms with Gasteiger partial charge in [-0.2, -0.15) is 0 Å². The molecule has 2 rings (SSSR count). The van der Waals surface area contributed by atoms with Gasteiger partial charge in [-0.05, 0) is 67.1 Å². The molecule has 0 aliphatic heterocycles. The highest BCUT2D eigenvalue weighted by atomic mass is 127. The average Bonchev–Trinajstić information content (AvgIpc) is 2.81. The maximum Gasteiger partial charge on any atom is 0.419 e. The molecular formula is C16H16INO3. The van der Waals surface area contributed by atoms with E-state index in [0.29, 0.717) is 17.5 Å². The number of aldehydes is 1. The first-order valence-corrected chi connectivity index (χ1v) is 7.55. The Labute approximate surface area is 137 Å². The lowest BCUT2D eigenvalue weighted by Gasteiger charge is -2.20. The van der Waals surface area contributed by atoms with Gasteiger partial charge in [-0.3, -0.25) is 4.79 Å². The molecule has 1 aromatic heterocycles. The number of nitrogens with zero attached hydrogens (tertiary/aromatic N) is 1. The SMILES string of the molecule is CC(C)(C)OC(=O)n1ccc(-c2ccc(I)cc2)c1C=O. The predicted octanol–water partition coefficient (Wildman–Crippen LogP) is 4.36. The fourth-order valence-electron chi connectivity index (χ4n) is 1.91. The molecule has 1 heterocycles. The van der Waals surface area contributed by atoms with Gasteiger partial charge in [-0.25, -0.2) is 9.36 Å². The standard InChI is InChI=1S/C16H16INO3/c1-16(2,3)21-15(20)18-9-8-13(14(18)10-19)11-4-6-12(17)7-5-11/h4-10H,1-3H3. The number of benzene rings is 1. The number of halogens is 1. The van der Waals surface area contributed by atoms with Crippen molar-refractivity contribution in [2.24, 2.45) is 0 Å². The summed E-state index contributed by atoms with van der Waals surface area (Å²) >= 11 is 2.22. The molecular weight excluding hydrogens is 381 g/mol. The first-order chi connectivity index (χ1) is 9.81. The van der Waals surface area contributed by atoms with E-state index in [1.165, 1.54) is 4.57 Å². The van der Waals surface area contributed by atoms with Gasteiger partial charge in [0.2, 0.25) is 0 Å². The number of aromatic nitrogens is 1. The number of ether oxygens (including phenoxy) is 1. The number of hydrogen-bond donors (Lipinski definition) is 0. The van der Waals surface area contributed by atoms with E-state index in [-0.39, 0.29) is 0 Å². The molecule has 0 saturated carbocycles. The Morgan fingerprint density at radius 2 is 1.81 bits per heavy atom. The van der Waals surface area contributed by atoms with Crippen molar-refractivity contribution in [2.45, 2.75) is 26.4 Å². The molecule has 110 valence electrons. The molecule has 0 amide bonds. The van der Waals surface area contributed by atoms with Crippen molar-refractivity contribution in [1.29, 1.82) is 0 Å². The van der Waals surface area contributed by atoms with E-state index < -0.39 is 11.7 Å². The van der Waals surface area contributed by atoms with Crippen LogP contribution in [0.3, 0.4) is 0 Å². The van der Waals surface area contributed by atoms with Crippen LogP contribution >= 0.6 is 22.6 Å². The van der Waals surface area contributed by atoms with E-state index in [1.54, 1.807) is 33.0 Å². The van der Waals surface area contributed by atoms with Crippen molar-refractivity contribution in [3.63, 3.8) is 0 Å². The lowest BCUT2D eigenvalue weighted by atomic mass is 10.1. The highest BCUT2D eigenvalue weighted by molar-refractivity contribution is 14.1. The summed E-state index contributed by atoms with van der Waals surface area (Å²) in [4.78, 5) is 23.5. The second-order valence-electron chi connectivity index (χ2n) is 5.59. The number of carbonyl (C=O) groups excluding carboxylic acids is 2. The smallest absolute Gasteiger partial charge is 0.419 e. The zero-order chi connectivity index (χ0) is 15.6. The summed E-state index contributed by atoms with van der Waals surface area (Å²) in [5.41, 5.74) is 1.29. The molecule has 5 heteroatoms. The summed E-state index contributed by atoms with van der Waals surface area (Å²) in [6.45, 7) is 5.36. The molecule has 0 aliphatic rings. The summed E-state index contributed by atoms with van der Waals surface area (Å²) in [6, 6.07) is 9.49. The van der Waals surface area contributed by atoms with Crippen molar-refractivity contribution < 1.29 is 14.3 Å². The van der Waals surface area contributed by atoms with E-state index in [0.717, 1.165) is 9.13 Å². The highest BCUT2D eigenvalue weighted by Crippen LogP contribution is 2.25. The summed E-state index contributed by atoms with van der Waals surface area (Å²) in [6.07, 6.45) is 1.68. The minimum Gasteiger partial charge on any atom is -0.443 e. The van der Waals surface area contributed by atoms with E-state index in [9.17, 15) is 9.59 Å². The van der Waals surface area contributed by atoms with Crippen LogP contribution in [0.1, 0.15) is 31.3 Å². The molecule has 4 nitrogen and oxygen atoms in total. The maximum absolute atomic E-state index is 12.1. The molecule has 21 heavy (non-hydrogen) atoms. The van der Waals surface area contributed by atoms with Gasteiger partial charge in [0.1, 0.15) is 5.60 Å². The van der Waals surface area contributed by atoms with Gasteiger partial charge in [0.15, 0.2) is 6.29 Å². The van der Waals surface area contributed by atoms with Gasteiger partial charge in [0, 0.05) is 15.3 Å². The van der Waals surface area contributed by atoms with Gasteiger partial charge >= 0.3 is 6.09 Å². The Morgan fingerprint density at radius 3 is 2.33 bits per heavy atom. The monoisotopic (exact) mass is 397 g/mol. The van der Waals surface area contributed by atoms with Crippen molar-refractivity contribution in [3.8, 4) is 11.1 Å². The fraction of sp³-hybridized carbons (Fsp3) is 0.250. The molecule has 0 fully saturated rings. The lowest BCUT2D eigenvalue weighted by molar-refractivity contribution is 0.0531. The first-order valence-electron chi connectivity index (χ1n) is 6.47. The molecule has 0 spiro atoms. The Bertz CT molecular complexity index is 666. The lowest BCUT2D eigenvalue weighted by Crippen LogP contribution is -2.27. The maximum atomic E-state index is 12.1. The normalized spacial score (nSPS) is 11.2. The Hall–Kier alpha value is -1.63. The third-order valence-corrected chi connectivity index (χ3v) is 3.50. The first kappa shape index (κ1) is 15.8. The molecule has 0 N–H and O–H groups in total. The van der Waals surface area contributed by atoms with Crippen molar-refractivity contribution in [3.05, 3.63) is 45.8 Å². The summed E-state index contributed by atoms with van der Waals surface area (Å²) in [5.74, 6) is 0. The van der Waals surface area contributed by atoms with E-state index in [1.807, 2.05) is 24.3 Å². The van der Waals surface area contributed by atoms with E-state index in [4.69, 9.17) is 4.74 Å². The number of carbonyl (C=O) groups is 2. The topological polar surface area (TPSA) is 48.3 Å². The zero-order valence-corrected chi connectivity index (χ0v) is 14.2. The molecule has 0 saturated heterocycles. The quantitative estimate of drug-likeness (QED) is 0.559. The summed E-state index contributed by atoms with van der Waals surface area (Å²) in [5, 5.41) is 0. The van der Waals surface area contributed by atoms with Crippen LogP contribution in [-0.4, -0.2) is 22.5 Å².